The zero-order valence-corrected chi connectivity index (χ0v) is 18.9. The number of piperazine rings is 1. The van der Waals surface area contributed by atoms with E-state index in [1.165, 1.54) is 17.4 Å². The highest BCUT2D eigenvalue weighted by Crippen LogP contribution is 2.28. The van der Waals surface area contributed by atoms with Gasteiger partial charge in [0.15, 0.2) is 5.82 Å². The first kappa shape index (κ1) is 22.0. The van der Waals surface area contributed by atoms with E-state index in [0.29, 0.717) is 18.0 Å². The van der Waals surface area contributed by atoms with Crippen LogP contribution in [0, 0.1) is 0 Å². The number of thioether (sulfide) groups is 1. The fraction of sp³-hybridized carbons (Fsp3) is 0.292. The number of nitrogens with one attached hydrogen (secondary N) is 1. The Balaban J connectivity index is 1.35. The molecule has 1 saturated heterocycles. The van der Waals surface area contributed by atoms with Gasteiger partial charge < -0.3 is 19.9 Å². The maximum absolute atomic E-state index is 12.6. The summed E-state index contributed by atoms with van der Waals surface area (Å²) >= 11 is 1.40. The van der Waals surface area contributed by atoms with Crippen molar-refractivity contribution in [2.45, 2.75) is 11.9 Å². The van der Waals surface area contributed by atoms with E-state index in [1.807, 2.05) is 37.3 Å². The number of amides is 1. The van der Waals surface area contributed by atoms with Crippen LogP contribution in [0.2, 0.25) is 0 Å². The van der Waals surface area contributed by atoms with Gasteiger partial charge in [-0.05, 0) is 31.2 Å². The quantitative estimate of drug-likeness (QED) is 0.523. The lowest BCUT2D eigenvalue weighted by molar-refractivity contribution is -0.113. The molecule has 166 valence electrons. The molecule has 0 bridgehead atoms. The SMILES string of the molecule is CCOc1ccccc1NC(=O)CSc1nccnc1N1CCN(c2ccccc2)CC1. The molecule has 1 fully saturated rings. The molecule has 0 atom stereocenters. The second-order valence-electron chi connectivity index (χ2n) is 7.26. The zero-order chi connectivity index (χ0) is 22.2. The van der Waals surface area contributed by atoms with Crippen molar-refractivity contribution in [3.63, 3.8) is 0 Å². The molecule has 1 aromatic heterocycles. The van der Waals surface area contributed by atoms with Gasteiger partial charge in [0.1, 0.15) is 10.8 Å². The summed E-state index contributed by atoms with van der Waals surface area (Å²) in [6.07, 6.45) is 3.38. The molecule has 0 radical (unpaired) electrons. The molecule has 32 heavy (non-hydrogen) atoms. The molecule has 0 unspecified atom stereocenters. The summed E-state index contributed by atoms with van der Waals surface area (Å²) in [4.78, 5) is 26.3. The summed E-state index contributed by atoms with van der Waals surface area (Å²) in [5.74, 6) is 1.65. The second kappa shape index (κ2) is 10.9. The molecular weight excluding hydrogens is 422 g/mol. The lowest BCUT2D eigenvalue weighted by Gasteiger charge is -2.37. The van der Waals surface area contributed by atoms with E-state index >= 15 is 0 Å². The van der Waals surface area contributed by atoms with Gasteiger partial charge in [0.25, 0.3) is 0 Å². The highest BCUT2D eigenvalue weighted by Gasteiger charge is 2.21. The smallest absolute Gasteiger partial charge is 0.234 e. The number of hydrogen-bond acceptors (Lipinski definition) is 7. The van der Waals surface area contributed by atoms with E-state index in [4.69, 9.17) is 4.74 Å². The first-order valence-corrected chi connectivity index (χ1v) is 11.7. The Morgan fingerprint density at radius 1 is 0.969 bits per heavy atom. The number of nitrogens with zero attached hydrogens (tertiary/aromatic N) is 4. The molecule has 1 amide bonds. The molecule has 2 aromatic carbocycles. The zero-order valence-electron chi connectivity index (χ0n) is 18.1. The Bertz CT molecular complexity index is 1030. The van der Waals surface area contributed by atoms with Crippen LogP contribution in [0.1, 0.15) is 6.92 Å². The van der Waals surface area contributed by atoms with E-state index in [9.17, 15) is 4.79 Å². The van der Waals surface area contributed by atoms with Gasteiger partial charge in [-0.2, -0.15) is 0 Å². The van der Waals surface area contributed by atoms with E-state index in [1.54, 1.807) is 12.4 Å². The van der Waals surface area contributed by atoms with Crippen LogP contribution in [-0.4, -0.2) is 54.4 Å². The minimum atomic E-state index is -0.104. The normalized spacial score (nSPS) is 13.7. The molecule has 1 aliphatic heterocycles. The van der Waals surface area contributed by atoms with Gasteiger partial charge in [-0.3, -0.25) is 4.79 Å². The highest BCUT2D eigenvalue weighted by atomic mass is 32.2. The number of anilines is 3. The van der Waals surface area contributed by atoms with Crippen molar-refractivity contribution in [3.05, 3.63) is 67.0 Å². The first-order chi connectivity index (χ1) is 15.7. The van der Waals surface area contributed by atoms with E-state index in [-0.39, 0.29) is 11.7 Å². The first-order valence-electron chi connectivity index (χ1n) is 10.7. The summed E-state index contributed by atoms with van der Waals surface area (Å²) < 4.78 is 5.59. The number of carbonyl (C=O) groups excluding carboxylic acids is 1. The largest absolute Gasteiger partial charge is 0.492 e. The standard InChI is InChI=1S/C24H27N5O2S/c1-2-31-21-11-7-6-10-20(21)27-22(30)18-32-24-23(25-12-13-26-24)29-16-14-28(15-17-29)19-8-4-3-5-9-19/h3-13H,2,14-18H2,1H3,(H,27,30). The van der Waals surface area contributed by atoms with Gasteiger partial charge in [0.2, 0.25) is 5.91 Å². The number of carbonyl (C=O) groups is 1. The van der Waals surface area contributed by atoms with E-state index in [0.717, 1.165) is 37.0 Å². The van der Waals surface area contributed by atoms with Crippen LogP contribution in [-0.2, 0) is 4.79 Å². The lowest BCUT2D eigenvalue weighted by atomic mass is 10.2. The van der Waals surface area contributed by atoms with Crippen LogP contribution in [0.3, 0.4) is 0 Å². The van der Waals surface area contributed by atoms with Gasteiger partial charge in [0.05, 0.1) is 18.0 Å². The molecule has 0 aliphatic carbocycles. The molecule has 0 saturated carbocycles. The van der Waals surface area contributed by atoms with Crippen molar-refractivity contribution in [1.82, 2.24) is 9.97 Å². The number of ether oxygens (including phenoxy) is 1. The average molecular weight is 450 g/mol. The van der Waals surface area contributed by atoms with Crippen LogP contribution in [0.15, 0.2) is 72.0 Å². The number of benzene rings is 2. The monoisotopic (exact) mass is 449 g/mol. The molecule has 1 aliphatic rings. The molecule has 1 N–H and O–H groups in total. The van der Waals surface area contributed by atoms with Crippen molar-refractivity contribution in [2.75, 3.05) is 53.7 Å². The third-order valence-corrected chi connectivity index (χ3v) is 6.12. The maximum atomic E-state index is 12.6. The van der Waals surface area contributed by atoms with Gasteiger partial charge in [-0.1, -0.05) is 42.1 Å². The predicted octanol–water partition coefficient (Wildman–Crippen LogP) is 3.93. The third-order valence-electron chi connectivity index (χ3n) is 5.15. The van der Waals surface area contributed by atoms with Crippen LogP contribution >= 0.6 is 11.8 Å². The van der Waals surface area contributed by atoms with Crippen LogP contribution < -0.4 is 19.9 Å². The van der Waals surface area contributed by atoms with Crippen molar-refractivity contribution < 1.29 is 9.53 Å². The maximum Gasteiger partial charge on any atom is 0.234 e. The topological polar surface area (TPSA) is 70.6 Å². The minimum absolute atomic E-state index is 0.104. The number of hydrogen-bond donors (Lipinski definition) is 1. The predicted molar refractivity (Wildman–Crippen MR) is 130 cm³/mol. The van der Waals surface area contributed by atoms with Gasteiger partial charge in [0, 0.05) is 44.3 Å². The summed E-state index contributed by atoms with van der Waals surface area (Å²) in [6, 6.07) is 17.9. The highest BCUT2D eigenvalue weighted by molar-refractivity contribution is 8.00. The van der Waals surface area contributed by atoms with Gasteiger partial charge >= 0.3 is 0 Å². The van der Waals surface area contributed by atoms with E-state index in [2.05, 4.69) is 49.4 Å². The Kier molecular flexibility index (Phi) is 7.45. The summed E-state index contributed by atoms with van der Waals surface area (Å²) in [5.41, 5.74) is 1.92. The Labute approximate surface area is 192 Å². The van der Waals surface area contributed by atoms with Crippen molar-refractivity contribution in [3.8, 4) is 5.75 Å². The average Bonchev–Trinajstić information content (AvgIpc) is 2.85. The lowest BCUT2D eigenvalue weighted by Crippen LogP contribution is -2.47. The Morgan fingerprint density at radius 3 is 2.44 bits per heavy atom. The summed E-state index contributed by atoms with van der Waals surface area (Å²) in [5, 5.41) is 3.71. The Morgan fingerprint density at radius 2 is 1.66 bits per heavy atom. The molecule has 7 nitrogen and oxygen atoms in total. The fourth-order valence-electron chi connectivity index (χ4n) is 3.62. The third kappa shape index (κ3) is 5.50. The van der Waals surface area contributed by atoms with Gasteiger partial charge in [-0.25, -0.2) is 9.97 Å². The second-order valence-corrected chi connectivity index (χ2v) is 8.22. The van der Waals surface area contributed by atoms with Gasteiger partial charge in [-0.15, -0.1) is 0 Å². The van der Waals surface area contributed by atoms with E-state index < -0.39 is 0 Å². The number of rotatable bonds is 8. The minimum Gasteiger partial charge on any atom is -0.492 e. The molecule has 0 spiro atoms. The summed E-state index contributed by atoms with van der Waals surface area (Å²) in [6.45, 7) is 6.01. The fourth-order valence-corrected chi connectivity index (χ4v) is 4.41. The number of para-hydroxylation sites is 3. The van der Waals surface area contributed by atoms with Crippen LogP contribution in [0.5, 0.6) is 5.75 Å². The summed E-state index contributed by atoms with van der Waals surface area (Å²) in [7, 11) is 0. The van der Waals surface area contributed by atoms with Crippen LogP contribution in [0.4, 0.5) is 17.2 Å². The molecule has 8 heteroatoms. The number of aromatic nitrogens is 2. The molecule has 3 aromatic rings. The van der Waals surface area contributed by atoms with Crippen molar-refractivity contribution >= 4 is 34.9 Å². The van der Waals surface area contributed by atoms with Crippen molar-refractivity contribution in [1.29, 1.82) is 0 Å². The van der Waals surface area contributed by atoms with Crippen molar-refractivity contribution in [2.24, 2.45) is 0 Å². The molecular formula is C24H27N5O2S. The Hall–Kier alpha value is -3.26. The molecule has 4 rings (SSSR count). The molecule has 2 heterocycles. The van der Waals surface area contributed by atoms with Crippen LogP contribution in [0.25, 0.3) is 0 Å².